The lowest BCUT2D eigenvalue weighted by atomic mass is 9.66. The zero-order valence-electron chi connectivity index (χ0n) is 10.8. The Bertz CT molecular complexity index is 343. The van der Waals surface area contributed by atoms with E-state index in [2.05, 4.69) is 27.4 Å². The van der Waals surface area contributed by atoms with Crippen molar-refractivity contribution in [2.24, 2.45) is 28.6 Å². The molecule has 3 aliphatic carbocycles. The van der Waals surface area contributed by atoms with Crippen LogP contribution in [0.3, 0.4) is 0 Å². The molecule has 16 heavy (non-hydrogen) atoms. The van der Waals surface area contributed by atoms with Crippen LogP contribution in [0.25, 0.3) is 0 Å². The molecule has 0 aliphatic heterocycles. The normalized spacial score (nSPS) is 54.1. The van der Waals surface area contributed by atoms with Crippen LogP contribution in [0.4, 0.5) is 0 Å². The van der Waals surface area contributed by atoms with Gasteiger partial charge in [-0.3, -0.25) is 0 Å². The van der Waals surface area contributed by atoms with Crippen LogP contribution in [0, 0.1) is 28.6 Å². The Kier molecular flexibility index (Phi) is 1.98. The van der Waals surface area contributed by atoms with Crippen molar-refractivity contribution < 1.29 is 5.11 Å². The highest BCUT2D eigenvalue weighted by Gasteiger charge is 2.65. The first kappa shape index (κ1) is 10.8. The molecule has 0 aromatic heterocycles. The summed E-state index contributed by atoms with van der Waals surface area (Å²) in [6, 6.07) is 0. The fraction of sp³-hybridized carbons (Fsp3) is 0.867. The molecule has 0 amide bonds. The van der Waals surface area contributed by atoms with Crippen molar-refractivity contribution in [2.75, 3.05) is 0 Å². The maximum Gasteiger partial charge on any atom is 0.0755 e. The lowest BCUT2D eigenvalue weighted by molar-refractivity contribution is 0.0530. The van der Waals surface area contributed by atoms with E-state index in [1.807, 2.05) is 0 Å². The highest BCUT2D eigenvalue weighted by Crippen LogP contribution is 2.72. The van der Waals surface area contributed by atoms with Crippen LogP contribution in [0.15, 0.2) is 12.2 Å². The molecule has 3 aliphatic rings. The van der Waals surface area contributed by atoms with E-state index in [0.717, 1.165) is 23.8 Å². The molecular weight excluding hydrogens is 196 g/mol. The van der Waals surface area contributed by atoms with Gasteiger partial charge in [-0.1, -0.05) is 27.4 Å². The van der Waals surface area contributed by atoms with Crippen molar-refractivity contribution in [1.29, 1.82) is 0 Å². The van der Waals surface area contributed by atoms with Gasteiger partial charge in [-0.05, 0) is 59.8 Å². The molecule has 1 unspecified atom stereocenters. The first-order valence-corrected chi connectivity index (χ1v) is 6.76. The Hall–Kier alpha value is -0.300. The van der Waals surface area contributed by atoms with Crippen molar-refractivity contribution >= 4 is 0 Å². The number of fused-ring (bicyclic) bond motifs is 1. The molecule has 0 aromatic rings. The molecule has 2 bridgehead atoms. The van der Waals surface area contributed by atoms with E-state index in [1.54, 1.807) is 0 Å². The van der Waals surface area contributed by atoms with E-state index in [0.29, 0.717) is 16.7 Å². The average molecular weight is 220 g/mol. The molecule has 3 rings (SSSR count). The second-order valence-electron chi connectivity index (χ2n) is 7.14. The van der Waals surface area contributed by atoms with Crippen molar-refractivity contribution in [3.05, 3.63) is 12.2 Å². The minimum absolute atomic E-state index is 0.233. The molecule has 1 nitrogen and oxygen atoms in total. The summed E-state index contributed by atoms with van der Waals surface area (Å²) in [5, 5.41) is 10.3. The van der Waals surface area contributed by atoms with Gasteiger partial charge in [-0.2, -0.15) is 0 Å². The second-order valence-corrected chi connectivity index (χ2v) is 7.14. The highest BCUT2D eigenvalue weighted by atomic mass is 16.3. The predicted molar refractivity (Wildman–Crippen MR) is 66.0 cm³/mol. The molecule has 1 heteroatoms. The Morgan fingerprint density at radius 3 is 2.62 bits per heavy atom. The van der Waals surface area contributed by atoms with Gasteiger partial charge in [-0.15, -0.1) is 0 Å². The third-order valence-corrected chi connectivity index (χ3v) is 6.39. The number of aliphatic hydroxyl groups is 1. The molecule has 3 fully saturated rings. The maximum atomic E-state index is 10.3. The standard InChI is InChI=1S/C15H24O/c1-9-5-6-13-14(3,4)11-7-15(9,13)8-12(16)10(11)2/h9,11-13,16H,2,5-8H2,1,3-4H3/t9-,11-,12+,13?,15-/m1/s1. The Morgan fingerprint density at radius 2 is 1.94 bits per heavy atom. The average Bonchev–Trinajstić information content (AvgIpc) is 2.59. The fourth-order valence-electron chi connectivity index (χ4n) is 5.44. The summed E-state index contributed by atoms with van der Waals surface area (Å²) in [4.78, 5) is 0. The summed E-state index contributed by atoms with van der Waals surface area (Å²) in [5.74, 6) is 2.17. The monoisotopic (exact) mass is 220 g/mol. The Balaban J connectivity index is 2.10. The van der Waals surface area contributed by atoms with Crippen LogP contribution < -0.4 is 0 Å². The third-order valence-electron chi connectivity index (χ3n) is 6.39. The number of rotatable bonds is 0. The van der Waals surface area contributed by atoms with Crippen LogP contribution in [0.2, 0.25) is 0 Å². The van der Waals surface area contributed by atoms with Crippen LogP contribution >= 0.6 is 0 Å². The van der Waals surface area contributed by atoms with Crippen LogP contribution in [0.1, 0.15) is 46.5 Å². The molecule has 1 N–H and O–H groups in total. The molecule has 0 saturated heterocycles. The lowest BCUT2D eigenvalue weighted by Crippen LogP contribution is -2.36. The minimum Gasteiger partial charge on any atom is -0.389 e. The largest absolute Gasteiger partial charge is 0.389 e. The van der Waals surface area contributed by atoms with Crippen molar-refractivity contribution in [1.82, 2.24) is 0 Å². The molecular formula is C15H24O. The molecule has 0 heterocycles. The van der Waals surface area contributed by atoms with Crippen LogP contribution in [-0.2, 0) is 0 Å². The molecule has 5 atom stereocenters. The van der Waals surface area contributed by atoms with Crippen molar-refractivity contribution in [2.45, 2.75) is 52.6 Å². The Labute approximate surface area is 98.9 Å². The third kappa shape index (κ3) is 1.01. The number of aliphatic hydroxyl groups excluding tert-OH is 1. The van der Waals surface area contributed by atoms with Crippen molar-refractivity contribution in [3.63, 3.8) is 0 Å². The molecule has 90 valence electrons. The van der Waals surface area contributed by atoms with E-state index < -0.39 is 0 Å². The quantitative estimate of drug-likeness (QED) is 0.620. The van der Waals surface area contributed by atoms with E-state index in [4.69, 9.17) is 0 Å². The predicted octanol–water partition coefficient (Wildman–Crippen LogP) is 3.39. The van der Waals surface area contributed by atoms with Gasteiger partial charge < -0.3 is 5.11 Å². The summed E-state index contributed by atoms with van der Waals surface area (Å²) < 4.78 is 0. The van der Waals surface area contributed by atoms with E-state index in [9.17, 15) is 5.11 Å². The summed E-state index contributed by atoms with van der Waals surface area (Å²) >= 11 is 0. The summed E-state index contributed by atoms with van der Waals surface area (Å²) in [5.41, 5.74) is 1.92. The van der Waals surface area contributed by atoms with Gasteiger partial charge >= 0.3 is 0 Å². The number of hydrogen-bond acceptors (Lipinski definition) is 1. The fourth-order valence-corrected chi connectivity index (χ4v) is 5.44. The zero-order chi connectivity index (χ0) is 11.7. The van der Waals surface area contributed by atoms with Gasteiger partial charge in [0, 0.05) is 0 Å². The Morgan fingerprint density at radius 1 is 1.25 bits per heavy atom. The zero-order valence-corrected chi connectivity index (χ0v) is 10.8. The second kappa shape index (κ2) is 2.93. The molecule has 0 aromatic carbocycles. The molecule has 0 radical (unpaired) electrons. The minimum atomic E-state index is -0.233. The SMILES string of the molecule is C=C1[C@H]2C[C@]3(C[C@@H]1O)C(CC[C@H]3C)C2(C)C. The molecule has 3 saturated carbocycles. The summed E-state index contributed by atoms with van der Waals surface area (Å²) in [6.45, 7) is 11.4. The van der Waals surface area contributed by atoms with Crippen LogP contribution in [-0.4, -0.2) is 11.2 Å². The van der Waals surface area contributed by atoms with E-state index in [-0.39, 0.29) is 6.10 Å². The van der Waals surface area contributed by atoms with Gasteiger partial charge in [0.15, 0.2) is 0 Å². The first-order valence-electron chi connectivity index (χ1n) is 6.76. The summed E-state index contributed by atoms with van der Waals surface area (Å²) in [6.07, 6.45) is 4.77. The van der Waals surface area contributed by atoms with E-state index in [1.165, 1.54) is 19.3 Å². The first-order chi connectivity index (χ1) is 7.39. The summed E-state index contributed by atoms with van der Waals surface area (Å²) in [7, 11) is 0. The van der Waals surface area contributed by atoms with Gasteiger partial charge in [0.05, 0.1) is 6.10 Å². The number of hydrogen-bond donors (Lipinski definition) is 1. The van der Waals surface area contributed by atoms with Gasteiger partial charge in [-0.25, -0.2) is 0 Å². The van der Waals surface area contributed by atoms with Gasteiger partial charge in [0.25, 0.3) is 0 Å². The van der Waals surface area contributed by atoms with Crippen LogP contribution in [0.5, 0.6) is 0 Å². The topological polar surface area (TPSA) is 20.2 Å². The maximum absolute atomic E-state index is 10.3. The smallest absolute Gasteiger partial charge is 0.0755 e. The lowest BCUT2D eigenvalue weighted by Gasteiger charge is -2.40. The van der Waals surface area contributed by atoms with Crippen molar-refractivity contribution in [3.8, 4) is 0 Å². The van der Waals surface area contributed by atoms with Gasteiger partial charge in [0.1, 0.15) is 0 Å². The highest BCUT2D eigenvalue weighted by molar-refractivity contribution is 5.26. The van der Waals surface area contributed by atoms with Gasteiger partial charge in [0.2, 0.25) is 0 Å². The molecule has 1 spiro atoms. The van der Waals surface area contributed by atoms with E-state index >= 15 is 0 Å².